The third kappa shape index (κ3) is 3.69. The Hall–Kier alpha value is -2.41. The first-order valence-electron chi connectivity index (χ1n) is 9.75. The van der Waals surface area contributed by atoms with Crippen LogP contribution in [0.2, 0.25) is 0 Å². The highest BCUT2D eigenvalue weighted by molar-refractivity contribution is 6.09. The van der Waals surface area contributed by atoms with Crippen LogP contribution in [0.4, 0.5) is 4.79 Å². The van der Waals surface area contributed by atoms with Crippen molar-refractivity contribution in [3.8, 4) is 0 Å². The van der Waals surface area contributed by atoms with E-state index in [4.69, 9.17) is 0 Å². The number of rotatable bonds is 5. The Bertz CT molecular complexity index is 730. The number of imide groups is 1. The van der Waals surface area contributed by atoms with Crippen LogP contribution in [0, 0.1) is 0 Å². The highest BCUT2D eigenvalue weighted by Gasteiger charge is 2.52. The van der Waals surface area contributed by atoms with Gasteiger partial charge in [-0.2, -0.15) is 0 Å². The maximum atomic E-state index is 12.6. The number of nitrogens with one attached hydrogen (secondary N) is 2. The fourth-order valence-corrected chi connectivity index (χ4v) is 4.49. The van der Waals surface area contributed by atoms with Crippen LogP contribution in [0.1, 0.15) is 37.7 Å². The first kappa shape index (κ1) is 18.0. The smallest absolute Gasteiger partial charge is 0.325 e. The Labute approximate surface area is 159 Å². The summed E-state index contributed by atoms with van der Waals surface area (Å²) in [5.74, 6) is -0.502. The van der Waals surface area contributed by atoms with Gasteiger partial charge in [0.05, 0.1) is 0 Å². The molecule has 4 amide bonds. The molecule has 0 radical (unpaired) electrons. The van der Waals surface area contributed by atoms with Crippen LogP contribution in [0.15, 0.2) is 30.3 Å². The maximum absolute atomic E-state index is 12.6. The van der Waals surface area contributed by atoms with E-state index < -0.39 is 11.6 Å². The first-order chi connectivity index (χ1) is 13.1. The van der Waals surface area contributed by atoms with Crippen molar-refractivity contribution in [2.75, 3.05) is 19.6 Å². The molecule has 7 heteroatoms. The summed E-state index contributed by atoms with van der Waals surface area (Å²) in [4.78, 5) is 40.6. The maximum Gasteiger partial charge on any atom is 0.325 e. The normalized spacial score (nSPS) is 24.6. The van der Waals surface area contributed by atoms with Gasteiger partial charge in [0, 0.05) is 25.7 Å². The highest BCUT2D eigenvalue weighted by atomic mass is 16.2. The van der Waals surface area contributed by atoms with Gasteiger partial charge in [0.1, 0.15) is 12.1 Å². The molecule has 1 unspecified atom stereocenters. The van der Waals surface area contributed by atoms with Gasteiger partial charge in [-0.25, -0.2) is 4.79 Å². The lowest BCUT2D eigenvalue weighted by molar-refractivity contribution is -0.135. The Balaban J connectivity index is 1.27. The number of benzene rings is 1. The van der Waals surface area contributed by atoms with Crippen LogP contribution in [-0.2, 0) is 16.1 Å². The van der Waals surface area contributed by atoms with Gasteiger partial charge >= 0.3 is 6.03 Å². The first-order valence-corrected chi connectivity index (χ1v) is 9.75. The number of carbonyl (C=O) groups is 3. The molecular weight excluding hydrogens is 344 g/mol. The van der Waals surface area contributed by atoms with E-state index in [-0.39, 0.29) is 24.4 Å². The Kier molecular flexibility index (Phi) is 4.86. The summed E-state index contributed by atoms with van der Waals surface area (Å²) in [6.07, 6.45) is 4.10. The number of urea groups is 1. The van der Waals surface area contributed by atoms with Gasteiger partial charge in [0.2, 0.25) is 5.91 Å². The van der Waals surface area contributed by atoms with Crippen LogP contribution in [0.25, 0.3) is 0 Å². The molecule has 1 atom stereocenters. The molecule has 2 heterocycles. The van der Waals surface area contributed by atoms with Crippen LogP contribution < -0.4 is 10.6 Å². The zero-order valence-electron chi connectivity index (χ0n) is 15.4. The average Bonchev–Trinajstić information content (AvgIpc) is 3.34. The molecule has 1 aliphatic carbocycles. The van der Waals surface area contributed by atoms with Gasteiger partial charge in [-0.1, -0.05) is 43.2 Å². The van der Waals surface area contributed by atoms with Gasteiger partial charge in [0.25, 0.3) is 5.91 Å². The number of amides is 4. The molecule has 4 rings (SSSR count). The molecule has 1 spiro atoms. The lowest BCUT2D eigenvalue weighted by Gasteiger charge is -2.20. The minimum Gasteiger partial charge on any atom is -0.350 e. The fraction of sp³-hybridized carbons (Fsp3) is 0.550. The SMILES string of the molecule is O=C(CN1C(=O)NC2(CCCC2)C1=O)NC1CCN(Cc2ccccc2)C1. The van der Waals surface area contributed by atoms with E-state index in [9.17, 15) is 14.4 Å². The molecule has 2 aliphatic heterocycles. The van der Waals surface area contributed by atoms with E-state index in [1.54, 1.807) is 0 Å². The lowest BCUT2D eigenvalue weighted by Crippen LogP contribution is -2.47. The van der Waals surface area contributed by atoms with Crippen molar-refractivity contribution < 1.29 is 14.4 Å². The topological polar surface area (TPSA) is 81.8 Å². The third-order valence-corrected chi connectivity index (χ3v) is 5.89. The second-order valence-corrected chi connectivity index (χ2v) is 7.88. The predicted octanol–water partition coefficient (Wildman–Crippen LogP) is 1.24. The number of nitrogens with zero attached hydrogens (tertiary/aromatic N) is 2. The van der Waals surface area contributed by atoms with E-state index >= 15 is 0 Å². The molecular formula is C20H26N4O3. The molecule has 1 aromatic rings. The van der Waals surface area contributed by atoms with Crippen molar-refractivity contribution in [1.29, 1.82) is 0 Å². The largest absolute Gasteiger partial charge is 0.350 e. The summed E-state index contributed by atoms with van der Waals surface area (Å²) in [5, 5.41) is 5.80. The van der Waals surface area contributed by atoms with Crippen molar-refractivity contribution in [1.82, 2.24) is 20.4 Å². The molecule has 1 saturated carbocycles. The third-order valence-electron chi connectivity index (χ3n) is 5.89. The molecule has 7 nitrogen and oxygen atoms in total. The minimum atomic E-state index is -0.753. The summed E-state index contributed by atoms with van der Waals surface area (Å²) in [7, 11) is 0. The van der Waals surface area contributed by atoms with Crippen molar-refractivity contribution in [2.24, 2.45) is 0 Å². The summed E-state index contributed by atoms with van der Waals surface area (Å²) >= 11 is 0. The molecule has 2 saturated heterocycles. The molecule has 3 aliphatic rings. The Morgan fingerprint density at radius 2 is 1.93 bits per heavy atom. The van der Waals surface area contributed by atoms with E-state index in [1.807, 2.05) is 18.2 Å². The molecule has 144 valence electrons. The second kappa shape index (κ2) is 7.31. The standard InChI is InChI=1S/C20H26N4O3/c25-17(14-24-18(26)20(22-19(24)27)9-4-5-10-20)21-16-8-11-23(13-16)12-15-6-2-1-3-7-15/h1-3,6-7,16H,4-5,8-14H2,(H,21,25)(H,22,27). The summed E-state index contributed by atoms with van der Waals surface area (Å²) < 4.78 is 0. The van der Waals surface area contributed by atoms with Crippen molar-refractivity contribution in [3.05, 3.63) is 35.9 Å². The molecule has 27 heavy (non-hydrogen) atoms. The number of hydrogen-bond donors (Lipinski definition) is 2. The zero-order valence-corrected chi connectivity index (χ0v) is 15.4. The molecule has 2 N–H and O–H groups in total. The Morgan fingerprint density at radius 1 is 1.19 bits per heavy atom. The predicted molar refractivity (Wildman–Crippen MR) is 99.7 cm³/mol. The number of hydrogen-bond acceptors (Lipinski definition) is 4. The van der Waals surface area contributed by atoms with Crippen LogP contribution >= 0.6 is 0 Å². The Morgan fingerprint density at radius 3 is 2.67 bits per heavy atom. The van der Waals surface area contributed by atoms with Gasteiger partial charge in [-0.15, -0.1) is 0 Å². The van der Waals surface area contributed by atoms with Crippen LogP contribution in [0.3, 0.4) is 0 Å². The molecule has 1 aromatic carbocycles. The van der Waals surface area contributed by atoms with Crippen molar-refractivity contribution >= 4 is 17.8 Å². The van der Waals surface area contributed by atoms with Gasteiger partial charge in [0.15, 0.2) is 0 Å². The summed E-state index contributed by atoms with van der Waals surface area (Å²) in [5.41, 5.74) is 0.502. The van der Waals surface area contributed by atoms with E-state index in [1.165, 1.54) is 5.56 Å². The fourth-order valence-electron chi connectivity index (χ4n) is 4.49. The van der Waals surface area contributed by atoms with Crippen LogP contribution in [0.5, 0.6) is 0 Å². The number of carbonyl (C=O) groups excluding carboxylic acids is 3. The van der Waals surface area contributed by atoms with Gasteiger partial charge in [-0.05, 0) is 24.8 Å². The van der Waals surface area contributed by atoms with E-state index in [0.717, 1.165) is 43.8 Å². The monoisotopic (exact) mass is 370 g/mol. The zero-order chi connectivity index (χ0) is 18.9. The lowest BCUT2D eigenvalue weighted by atomic mass is 9.98. The average molecular weight is 370 g/mol. The van der Waals surface area contributed by atoms with E-state index in [0.29, 0.717) is 12.8 Å². The second-order valence-electron chi connectivity index (χ2n) is 7.88. The minimum absolute atomic E-state index is 0.0578. The number of likely N-dealkylation sites (tertiary alicyclic amines) is 1. The summed E-state index contributed by atoms with van der Waals surface area (Å²) in [6.45, 7) is 2.38. The van der Waals surface area contributed by atoms with Crippen molar-refractivity contribution in [3.63, 3.8) is 0 Å². The molecule has 0 bridgehead atoms. The van der Waals surface area contributed by atoms with Crippen LogP contribution in [-0.4, -0.2) is 58.9 Å². The van der Waals surface area contributed by atoms with Crippen molar-refractivity contribution in [2.45, 2.75) is 50.2 Å². The van der Waals surface area contributed by atoms with Gasteiger partial charge < -0.3 is 10.6 Å². The highest BCUT2D eigenvalue weighted by Crippen LogP contribution is 2.34. The summed E-state index contributed by atoms with van der Waals surface area (Å²) in [6, 6.07) is 9.88. The van der Waals surface area contributed by atoms with E-state index in [2.05, 4.69) is 27.7 Å². The molecule has 0 aromatic heterocycles. The molecule has 3 fully saturated rings. The quantitative estimate of drug-likeness (QED) is 0.764. The van der Waals surface area contributed by atoms with Gasteiger partial charge in [-0.3, -0.25) is 19.4 Å².